The minimum atomic E-state index is -0.126. The molecule has 1 unspecified atom stereocenters. The van der Waals surface area contributed by atoms with Gasteiger partial charge in [0.25, 0.3) is 0 Å². The van der Waals surface area contributed by atoms with E-state index in [2.05, 4.69) is 53.1 Å². The number of hydrogen-bond donors (Lipinski definition) is 1. The van der Waals surface area contributed by atoms with Gasteiger partial charge in [0.2, 0.25) is 5.91 Å². The summed E-state index contributed by atoms with van der Waals surface area (Å²) in [6.45, 7) is 2.47. The molecule has 1 aliphatic carbocycles. The average Bonchev–Trinajstić information content (AvgIpc) is 3.06. The molecular formula is C22H31N3O2. The van der Waals surface area contributed by atoms with Gasteiger partial charge >= 0.3 is 0 Å². The van der Waals surface area contributed by atoms with Crippen molar-refractivity contribution in [1.29, 1.82) is 0 Å². The van der Waals surface area contributed by atoms with Gasteiger partial charge in [0.15, 0.2) is 0 Å². The van der Waals surface area contributed by atoms with Crippen LogP contribution in [-0.2, 0) is 16.0 Å². The topological polar surface area (TPSA) is 48.6 Å². The van der Waals surface area contributed by atoms with Crippen LogP contribution in [-0.4, -0.2) is 67.1 Å². The molecule has 5 heteroatoms. The van der Waals surface area contributed by atoms with E-state index in [1.54, 1.807) is 7.11 Å². The van der Waals surface area contributed by atoms with Crippen molar-refractivity contribution in [2.24, 2.45) is 0 Å². The lowest BCUT2D eigenvalue weighted by Gasteiger charge is -2.43. The third-order valence-corrected chi connectivity index (χ3v) is 6.44. The normalized spacial score (nSPS) is 22.2. The zero-order valence-corrected chi connectivity index (χ0v) is 16.8. The Morgan fingerprint density at radius 1 is 1.30 bits per heavy atom. The molecule has 0 saturated carbocycles. The Kier molecular flexibility index (Phi) is 4.99. The van der Waals surface area contributed by atoms with Crippen LogP contribution in [0.1, 0.15) is 42.9 Å². The second-order valence-electron chi connectivity index (χ2n) is 8.46. The number of aryl methyl sites for hydroxylation is 1. The third kappa shape index (κ3) is 3.39. The van der Waals surface area contributed by atoms with Crippen LogP contribution in [0.5, 0.6) is 0 Å². The smallest absolute Gasteiger partial charge is 0.231 e. The van der Waals surface area contributed by atoms with Crippen LogP contribution >= 0.6 is 0 Å². The Morgan fingerprint density at radius 2 is 2.04 bits per heavy atom. The third-order valence-electron chi connectivity index (χ3n) is 6.44. The van der Waals surface area contributed by atoms with Gasteiger partial charge in [-0.05, 0) is 57.8 Å². The quantitative estimate of drug-likeness (QED) is 0.901. The molecule has 1 atom stereocenters. The van der Waals surface area contributed by atoms with E-state index in [0.29, 0.717) is 0 Å². The summed E-state index contributed by atoms with van der Waals surface area (Å²) >= 11 is 0. The predicted molar refractivity (Wildman–Crippen MR) is 108 cm³/mol. The van der Waals surface area contributed by atoms with E-state index in [0.717, 1.165) is 62.9 Å². The van der Waals surface area contributed by atoms with Gasteiger partial charge in [-0.2, -0.15) is 0 Å². The molecule has 0 radical (unpaired) electrons. The number of amides is 1. The maximum atomic E-state index is 13.4. The van der Waals surface area contributed by atoms with E-state index < -0.39 is 0 Å². The van der Waals surface area contributed by atoms with E-state index in [1.807, 2.05) is 0 Å². The van der Waals surface area contributed by atoms with Gasteiger partial charge in [-0.3, -0.25) is 4.79 Å². The largest absolute Gasteiger partial charge is 0.377 e. The molecule has 0 spiro atoms. The predicted octanol–water partition coefficient (Wildman–Crippen LogP) is 3.16. The first-order chi connectivity index (χ1) is 13.0. The minimum Gasteiger partial charge on any atom is -0.377 e. The summed E-state index contributed by atoms with van der Waals surface area (Å²) in [5.41, 5.74) is 3.54. The molecule has 1 aromatic heterocycles. The van der Waals surface area contributed by atoms with E-state index in [1.165, 1.54) is 10.9 Å². The maximum absolute atomic E-state index is 13.4. The average molecular weight is 370 g/mol. The fourth-order valence-corrected chi connectivity index (χ4v) is 5.02. The molecule has 0 bridgehead atoms. The van der Waals surface area contributed by atoms with Crippen molar-refractivity contribution in [3.63, 3.8) is 0 Å². The molecule has 27 heavy (non-hydrogen) atoms. The lowest BCUT2D eigenvalue weighted by molar-refractivity contribution is -0.139. The van der Waals surface area contributed by atoms with E-state index >= 15 is 0 Å². The first-order valence-electron chi connectivity index (χ1n) is 10.1. The van der Waals surface area contributed by atoms with Gasteiger partial charge in [-0.15, -0.1) is 0 Å². The Labute approximate surface area is 161 Å². The zero-order chi connectivity index (χ0) is 19.0. The Bertz CT molecular complexity index is 818. The number of likely N-dealkylation sites (tertiary alicyclic amines) is 1. The molecule has 1 aliphatic heterocycles. The van der Waals surface area contributed by atoms with Crippen molar-refractivity contribution in [1.82, 2.24) is 14.8 Å². The number of hydrogen-bond acceptors (Lipinski definition) is 3. The van der Waals surface area contributed by atoms with E-state index in [4.69, 9.17) is 4.74 Å². The molecule has 1 fully saturated rings. The molecule has 1 N–H and O–H groups in total. The van der Waals surface area contributed by atoms with Crippen LogP contribution in [0.4, 0.5) is 0 Å². The molecule has 1 amide bonds. The number of benzene rings is 1. The van der Waals surface area contributed by atoms with Crippen molar-refractivity contribution in [3.8, 4) is 0 Å². The van der Waals surface area contributed by atoms with E-state index in [9.17, 15) is 4.79 Å². The maximum Gasteiger partial charge on any atom is 0.231 e. The highest BCUT2D eigenvalue weighted by Gasteiger charge is 2.39. The molecule has 4 rings (SSSR count). The van der Waals surface area contributed by atoms with Crippen LogP contribution < -0.4 is 0 Å². The number of nitrogens with zero attached hydrogens (tertiary/aromatic N) is 2. The fourth-order valence-electron chi connectivity index (χ4n) is 5.02. The lowest BCUT2D eigenvalue weighted by atomic mass is 9.84. The number of likely N-dealkylation sites (N-methyl/N-ethyl adjacent to an activating group) is 1. The number of fused-ring (bicyclic) bond motifs is 3. The van der Waals surface area contributed by atoms with Gasteiger partial charge in [0.05, 0.1) is 11.5 Å². The van der Waals surface area contributed by atoms with Gasteiger partial charge in [0, 0.05) is 43.3 Å². The fraction of sp³-hybridized carbons (Fsp3) is 0.591. The highest BCUT2D eigenvalue weighted by atomic mass is 16.5. The lowest BCUT2D eigenvalue weighted by Crippen LogP contribution is -2.53. The van der Waals surface area contributed by atoms with Crippen LogP contribution in [0.2, 0.25) is 0 Å². The summed E-state index contributed by atoms with van der Waals surface area (Å²) in [4.78, 5) is 21.2. The molecule has 2 aliphatic rings. The van der Waals surface area contributed by atoms with Gasteiger partial charge in [0.1, 0.15) is 0 Å². The standard InChI is InChI=1S/C22H31N3O2/c1-24(2)15-22(27-3)11-13-25(14-12-22)21(26)18-9-6-8-17-16-7-4-5-10-19(16)23-20(17)18/h4-5,7,10,18,23H,6,8-9,11-15H2,1-3H3. The van der Waals surface area contributed by atoms with Crippen molar-refractivity contribution in [3.05, 3.63) is 35.5 Å². The molecule has 146 valence electrons. The zero-order valence-electron chi connectivity index (χ0n) is 16.8. The summed E-state index contributed by atoms with van der Waals surface area (Å²) in [6.07, 6.45) is 4.90. The number of aromatic amines is 1. The highest BCUT2D eigenvalue weighted by Crippen LogP contribution is 2.38. The van der Waals surface area contributed by atoms with Gasteiger partial charge in [-0.1, -0.05) is 18.2 Å². The minimum absolute atomic E-state index is 0.0231. The summed E-state index contributed by atoms with van der Waals surface area (Å²) in [6, 6.07) is 8.43. The molecular weight excluding hydrogens is 338 g/mol. The number of nitrogens with one attached hydrogen (secondary N) is 1. The number of H-pyrrole nitrogens is 1. The van der Waals surface area contributed by atoms with Crippen molar-refractivity contribution in [2.45, 2.75) is 43.6 Å². The SMILES string of the molecule is COC1(CN(C)C)CCN(C(=O)C2CCCc3c2[nH]c2ccccc32)CC1. The number of carbonyl (C=O) groups is 1. The first-order valence-corrected chi connectivity index (χ1v) is 10.1. The summed E-state index contributed by atoms with van der Waals surface area (Å²) in [5, 5.41) is 1.29. The number of piperidine rings is 1. The molecule has 1 saturated heterocycles. The van der Waals surface area contributed by atoms with Crippen LogP contribution in [0.15, 0.2) is 24.3 Å². The second kappa shape index (κ2) is 7.28. The van der Waals surface area contributed by atoms with Gasteiger partial charge in [-0.25, -0.2) is 0 Å². The second-order valence-corrected chi connectivity index (χ2v) is 8.46. The Morgan fingerprint density at radius 3 is 2.74 bits per heavy atom. The summed E-state index contributed by atoms with van der Waals surface area (Å²) < 4.78 is 5.87. The Balaban J connectivity index is 1.52. The summed E-state index contributed by atoms with van der Waals surface area (Å²) in [7, 11) is 5.97. The van der Waals surface area contributed by atoms with E-state index in [-0.39, 0.29) is 17.4 Å². The highest BCUT2D eigenvalue weighted by molar-refractivity contribution is 5.90. The van der Waals surface area contributed by atoms with Crippen molar-refractivity contribution >= 4 is 16.8 Å². The monoisotopic (exact) mass is 369 g/mol. The number of para-hydroxylation sites is 1. The number of ether oxygens (including phenoxy) is 1. The van der Waals surface area contributed by atoms with Gasteiger partial charge < -0.3 is 19.5 Å². The number of carbonyl (C=O) groups excluding carboxylic acids is 1. The summed E-state index contributed by atoms with van der Waals surface area (Å²) in [5.74, 6) is 0.266. The molecule has 5 nitrogen and oxygen atoms in total. The molecule has 1 aromatic carbocycles. The van der Waals surface area contributed by atoms with Crippen LogP contribution in [0, 0.1) is 0 Å². The van der Waals surface area contributed by atoms with Crippen molar-refractivity contribution < 1.29 is 9.53 Å². The first kappa shape index (κ1) is 18.5. The molecule has 2 heterocycles. The number of rotatable bonds is 4. The van der Waals surface area contributed by atoms with Crippen molar-refractivity contribution in [2.75, 3.05) is 40.8 Å². The number of aromatic nitrogens is 1. The van der Waals surface area contributed by atoms with Crippen LogP contribution in [0.25, 0.3) is 10.9 Å². The van der Waals surface area contributed by atoms with Crippen LogP contribution in [0.3, 0.4) is 0 Å². The molecule has 2 aromatic rings. The number of methoxy groups -OCH3 is 1. The Hall–Kier alpha value is -1.85.